The number of aliphatic imine (C=N–C) groups is 2. The lowest BCUT2D eigenvalue weighted by atomic mass is 9.97. The quantitative estimate of drug-likeness (QED) is 0.149. The molecule has 7 aliphatic rings. The van der Waals surface area contributed by atoms with Crippen LogP contribution in [0.2, 0.25) is 0 Å². The summed E-state index contributed by atoms with van der Waals surface area (Å²) in [6.45, 7) is 33.5. The van der Waals surface area contributed by atoms with Gasteiger partial charge in [-0.2, -0.15) is 5.10 Å². The van der Waals surface area contributed by atoms with Crippen molar-refractivity contribution < 1.29 is 0 Å². The Morgan fingerprint density at radius 3 is 1.38 bits per heavy atom. The second kappa shape index (κ2) is 39.1. The molecule has 0 saturated carbocycles. The third-order valence-corrected chi connectivity index (χ3v) is 13.8. The van der Waals surface area contributed by atoms with Gasteiger partial charge in [0.1, 0.15) is 0 Å². The monoisotopic (exact) mass is 1060 g/mol. The van der Waals surface area contributed by atoms with Crippen LogP contribution in [0.15, 0.2) is 219 Å². The zero-order valence-electron chi connectivity index (χ0n) is 52.1. The second-order valence-electron chi connectivity index (χ2n) is 19.4. The maximum absolute atomic E-state index is 4.17. The summed E-state index contributed by atoms with van der Waals surface area (Å²) in [7, 11) is 3.93. The van der Waals surface area contributed by atoms with Crippen molar-refractivity contribution in [3.63, 3.8) is 0 Å². The van der Waals surface area contributed by atoms with Crippen LogP contribution < -0.4 is 0 Å². The highest BCUT2D eigenvalue weighted by Crippen LogP contribution is 2.39. The van der Waals surface area contributed by atoms with Gasteiger partial charge in [0, 0.05) is 69.3 Å². The Labute approximate surface area is 481 Å². The van der Waals surface area contributed by atoms with Gasteiger partial charge in [-0.25, -0.2) is 0 Å². The van der Waals surface area contributed by atoms with Gasteiger partial charge in [-0.15, -0.1) is 0 Å². The Morgan fingerprint density at radius 1 is 0.443 bits per heavy atom. The van der Waals surface area contributed by atoms with E-state index in [0.29, 0.717) is 0 Å². The number of aromatic nitrogens is 3. The third-order valence-electron chi connectivity index (χ3n) is 13.8. The number of hydrogen-bond donors (Lipinski definition) is 0. The van der Waals surface area contributed by atoms with Crippen molar-refractivity contribution in [3.8, 4) is 11.1 Å². The van der Waals surface area contributed by atoms with Crippen LogP contribution in [0.1, 0.15) is 160 Å². The Morgan fingerprint density at radius 2 is 0.987 bits per heavy atom. The fourth-order valence-electron chi connectivity index (χ4n) is 8.28. The molecule has 0 bridgehead atoms. The van der Waals surface area contributed by atoms with Gasteiger partial charge in [0.05, 0.1) is 5.69 Å². The van der Waals surface area contributed by atoms with Gasteiger partial charge in [0.25, 0.3) is 0 Å². The second-order valence-corrected chi connectivity index (χ2v) is 19.4. The van der Waals surface area contributed by atoms with Gasteiger partial charge >= 0.3 is 0 Å². The van der Waals surface area contributed by atoms with Crippen LogP contribution in [-0.2, 0) is 33.4 Å². The van der Waals surface area contributed by atoms with Gasteiger partial charge < -0.3 is 4.57 Å². The van der Waals surface area contributed by atoms with E-state index in [2.05, 4.69) is 209 Å². The normalized spacial score (nSPS) is 13.7. The van der Waals surface area contributed by atoms with Crippen LogP contribution in [0.4, 0.5) is 5.69 Å². The molecule has 0 fully saturated rings. The molecule has 0 N–H and O–H groups in total. The molecule has 79 heavy (non-hydrogen) atoms. The molecule has 5 nitrogen and oxygen atoms in total. The lowest BCUT2D eigenvalue weighted by Crippen LogP contribution is -1.87. The zero-order chi connectivity index (χ0) is 58.5. The molecule has 2 aromatic heterocycles. The molecule has 13 rings (SSSR count). The highest BCUT2D eigenvalue weighted by Gasteiger charge is 2.20. The molecule has 0 spiro atoms. The van der Waals surface area contributed by atoms with E-state index in [1.54, 1.807) is 10.9 Å². The molecule has 4 heterocycles. The summed E-state index contributed by atoms with van der Waals surface area (Å²) >= 11 is 0. The molecular formula is C74H99N5. The molecule has 0 amide bonds. The number of rotatable bonds is 0. The van der Waals surface area contributed by atoms with Crippen molar-refractivity contribution >= 4 is 24.2 Å². The Hall–Kier alpha value is -7.37. The first kappa shape index (κ1) is 67.7. The molecule has 6 aromatic rings. The van der Waals surface area contributed by atoms with Crippen LogP contribution in [0, 0.1) is 20.8 Å². The summed E-state index contributed by atoms with van der Waals surface area (Å²) < 4.78 is 3.83. The van der Waals surface area contributed by atoms with Crippen LogP contribution >= 0.6 is 0 Å². The molecule has 0 unspecified atom stereocenters. The summed E-state index contributed by atoms with van der Waals surface area (Å²) in [5.74, 6) is 0. The van der Waals surface area contributed by atoms with Gasteiger partial charge in [-0.1, -0.05) is 209 Å². The summed E-state index contributed by atoms with van der Waals surface area (Å²) in [5.41, 5.74) is 25.4. The lowest BCUT2D eigenvalue weighted by Gasteiger charge is -2.08. The molecule has 5 aliphatic carbocycles. The number of para-hydroxylation sites is 1. The summed E-state index contributed by atoms with van der Waals surface area (Å²) in [6, 6.07) is 36.0. The van der Waals surface area contributed by atoms with Crippen LogP contribution in [0.25, 0.3) is 17.2 Å². The standard InChI is InChI=1S/C15H14.C9H8.C8H7N.3C7H10.C6H9N.C5H7N.C4H6N2.3C2H6/c1-10-7-8-13-9-12-5-3-4-6-14(12)15(13)11(10)2;1-2-5-9-7-3-6-8(9)4-1;1-2-4-8-7(3-1)5-6-9-8;4*1-6-4-3-5-7(6)2;1-5-3-2-4-6-5;1-6-4-2-3-5-6;3*1-2/h3-8H,9H2,1-2H3;1-6H,7H2;1-4,6H,5H2;3*3-4H,5H2,1-2H3;3-5H,1-2H3;3-4H,2H2,1H3;2-4H,1H3;3*1-2H3. The molecule has 0 atom stereocenters. The van der Waals surface area contributed by atoms with E-state index in [9.17, 15) is 0 Å². The molecule has 420 valence electrons. The Kier molecular flexibility index (Phi) is 33.5. The van der Waals surface area contributed by atoms with E-state index >= 15 is 0 Å². The fourth-order valence-corrected chi connectivity index (χ4v) is 8.28. The first-order valence-electron chi connectivity index (χ1n) is 28.9. The van der Waals surface area contributed by atoms with Gasteiger partial charge in [-0.3, -0.25) is 14.7 Å². The molecular weight excluding hydrogens is 959 g/mol. The highest BCUT2D eigenvalue weighted by molar-refractivity contribution is 5.80. The topological polar surface area (TPSA) is 47.5 Å². The number of fused-ring (bicyclic) bond motifs is 5. The summed E-state index contributed by atoms with van der Waals surface area (Å²) in [6.07, 6.45) is 36.9. The smallest absolute Gasteiger partial charge is 0.0661 e. The van der Waals surface area contributed by atoms with E-state index in [-0.39, 0.29) is 0 Å². The fraction of sp³-hybridized carbons (Fsp3) is 0.338. The predicted octanol–water partition coefficient (Wildman–Crippen LogP) is 21.1. The third kappa shape index (κ3) is 24.5. The first-order chi connectivity index (χ1) is 38.2. The van der Waals surface area contributed by atoms with E-state index < -0.39 is 0 Å². The highest BCUT2D eigenvalue weighted by atomic mass is 15.2. The van der Waals surface area contributed by atoms with Gasteiger partial charge in [-0.05, 0) is 176 Å². The Bertz CT molecular complexity index is 2880. The van der Waals surface area contributed by atoms with Crippen molar-refractivity contribution in [1.29, 1.82) is 0 Å². The average molecular weight is 1060 g/mol. The van der Waals surface area contributed by atoms with Crippen molar-refractivity contribution in [1.82, 2.24) is 14.3 Å². The summed E-state index contributed by atoms with van der Waals surface area (Å²) in [4.78, 5) is 8.15. The average Bonchev–Trinajstić information content (AvgIpc) is 4.39. The molecule has 5 heteroatoms. The molecule has 4 aromatic carbocycles. The van der Waals surface area contributed by atoms with Crippen LogP contribution in [0.5, 0.6) is 0 Å². The number of hydrogen-bond acceptors (Lipinski definition) is 3. The Balaban J connectivity index is 0.000000305. The minimum absolute atomic E-state index is 1.01. The minimum atomic E-state index is 1.01. The molecule has 0 saturated heterocycles. The summed E-state index contributed by atoms with van der Waals surface area (Å²) in [5, 5.41) is 3.83. The van der Waals surface area contributed by atoms with E-state index in [1.807, 2.05) is 118 Å². The number of aryl methyl sites for hydroxylation is 4. The minimum Gasteiger partial charge on any atom is -0.355 e. The first-order valence-corrected chi connectivity index (χ1v) is 28.9. The lowest BCUT2D eigenvalue weighted by molar-refractivity contribution is 0.768. The molecule has 2 aliphatic heterocycles. The zero-order valence-corrected chi connectivity index (χ0v) is 52.1. The largest absolute Gasteiger partial charge is 0.355 e. The van der Waals surface area contributed by atoms with E-state index in [4.69, 9.17) is 0 Å². The van der Waals surface area contributed by atoms with Crippen LogP contribution in [0.3, 0.4) is 0 Å². The number of allylic oxidation sites excluding steroid dienone is 15. The number of nitrogens with zero attached hydrogens (tertiary/aromatic N) is 5. The van der Waals surface area contributed by atoms with Gasteiger partial charge in [0.15, 0.2) is 0 Å². The van der Waals surface area contributed by atoms with Crippen molar-refractivity contribution in [2.75, 3.05) is 0 Å². The SMILES string of the molecule is C1=Cc2ccccc2C1.C1=Nc2ccccc2C1.CC.CC.CC.CC1=C(C)CC=C1.CC1=C(C)CC=C1.CC1=C(C)CC=C1.CC1=CCC=N1.Cc1ccc2c(c1C)-c1ccccc1C2.Cc1cccn1C.Cn1cccn1. The van der Waals surface area contributed by atoms with E-state index in [0.717, 1.165) is 37.1 Å². The predicted molar refractivity (Wildman–Crippen MR) is 352 cm³/mol. The van der Waals surface area contributed by atoms with Crippen molar-refractivity contribution in [2.45, 2.75) is 156 Å². The maximum atomic E-state index is 4.17. The molecule has 0 radical (unpaired) electrons. The van der Waals surface area contributed by atoms with Crippen molar-refractivity contribution in [3.05, 3.63) is 254 Å². The maximum Gasteiger partial charge on any atom is 0.0661 e. The van der Waals surface area contributed by atoms with Crippen molar-refractivity contribution in [2.24, 2.45) is 24.1 Å². The number of benzene rings is 4. The van der Waals surface area contributed by atoms with Gasteiger partial charge in [0.2, 0.25) is 0 Å². The van der Waals surface area contributed by atoms with Crippen LogP contribution in [-0.4, -0.2) is 26.8 Å². The van der Waals surface area contributed by atoms with E-state index in [1.165, 1.54) is 108 Å².